The summed E-state index contributed by atoms with van der Waals surface area (Å²) >= 11 is 0. The highest BCUT2D eigenvalue weighted by molar-refractivity contribution is 5.49. The summed E-state index contributed by atoms with van der Waals surface area (Å²) in [7, 11) is 1.54. The molecule has 20 heavy (non-hydrogen) atoms. The summed E-state index contributed by atoms with van der Waals surface area (Å²) in [6.45, 7) is 0.159. The first kappa shape index (κ1) is 13.6. The number of hydrogen-bond acceptors (Lipinski definition) is 6. The van der Waals surface area contributed by atoms with Crippen molar-refractivity contribution in [2.45, 2.75) is 6.61 Å². The summed E-state index contributed by atoms with van der Waals surface area (Å²) in [5, 5.41) is 20.0. The van der Waals surface area contributed by atoms with E-state index >= 15 is 0 Å². The minimum absolute atomic E-state index is 0.159. The fraction of sp³-hybridized carbons (Fsp3) is 0.154. The second-order valence-corrected chi connectivity index (χ2v) is 3.89. The molecule has 0 radical (unpaired) electrons. The smallest absolute Gasteiger partial charge is 0.314 e. The Labute approximate surface area is 114 Å². The second kappa shape index (κ2) is 5.87. The minimum atomic E-state index is -0.673. The van der Waals surface area contributed by atoms with E-state index in [4.69, 9.17) is 9.47 Å². The molecule has 0 saturated carbocycles. The third-order valence-corrected chi connectivity index (χ3v) is 2.56. The number of benzene rings is 1. The van der Waals surface area contributed by atoms with Gasteiger partial charge in [0, 0.05) is 0 Å². The van der Waals surface area contributed by atoms with E-state index < -0.39 is 16.4 Å². The Kier molecular flexibility index (Phi) is 3.99. The van der Waals surface area contributed by atoms with Crippen molar-refractivity contribution in [3.8, 4) is 17.2 Å². The summed E-state index contributed by atoms with van der Waals surface area (Å²) in [5.41, 5.74) is 0.256. The largest absolute Gasteiger partial charge is 0.502 e. The standard InChI is InChI=1S/C13H12N2O5/c1-19-11-3-2-9(14-7-11)8-20-10-4-5-13(16)12(6-10)15(17)18/h2-7,16H,8H2,1H3. The average Bonchev–Trinajstić information content (AvgIpc) is 2.46. The van der Waals surface area contributed by atoms with E-state index in [1.807, 2.05) is 0 Å². The van der Waals surface area contributed by atoms with E-state index in [1.165, 1.54) is 18.2 Å². The van der Waals surface area contributed by atoms with E-state index in [1.54, 1.807) is 25.4 Å². The van der Waals surface area contributed by atoms with Crippen molar-refractivity contribution in [3.63, 3.8) is 0 Å². The maximum absolute atomic E-state index is 10.7. The molecule has 0 unspecified atom stereocenters. The van der Waals surface area contributed by atoms with Gasteiger partial charge in [0.2, 0.25) is 0 Å². The lowest BCUT2D eigenvalue weighted by molar-refractivity contribution is -0.385. The van der Waals surface area contributed by atoms with Gasteiger partial charge in [-0.25, -0.2) is 0 Å². The van der Waals surface area contributed by atoms with Gasteiger partial charge in [0.1, 0.15) is 18.1 Å². The number of nitrogens with zero attached hydrogens (tertiary/aromatic N) is 2. The molecule has 7 heteroatoms. The Morgan fingerprint density at radius 1 is 1.30 bits per heavy atom. The van der Waals surface area contributed by atoms with Crippen molar-refractivity contribution in [2.24, 2.45) is 0 Å². The molecule has 0 atom stereocenters. The van der Waals surface area contributed by atoms with Crippen LogP contribution in [0.15, 0.2) is 36.5 Å². The molecule has 0 aliphatic rings. The van der Waals surface area contributed by atoms with Crippen LogP contribution in [0, 0.1) is 10.1 Å². The SMILES string of the molecule is COc1ccc(COc2ccc(O)c([N+](=O)[O-])c2)nc1. The Morgan fingerprint density at radius 3 is 2.65 bits per heavy atom. The first-order valence-electron chi connectivity index (χ1n) is 5.69. The number of nitro benzene ring substituents is 1. The maximum atomic E-state index is 10.7. The van der Waals surface area contributed by atoms with Crippen molar-refractivity contribution in [1.29, 1.82) is 0 Å². The summed E-state index contributed by atoms with van der Waals surface area (Å²) in [4.78, 5) is 14.1. The molecule has 1 heterocycles. The zero-order valence-electron chi connectivity index (χ0n) is 10.6. The quantitative estimate of drug-likeness (QED) is 0.665. The van der Waals surface area contributed by atoms with Crippen LogP contribution < -0.4 is 9.47 Å². The fourth-order valence-electron chi connectivity index (χ4n) is 1.51. The van der Waals surface area contributed by atoms with Gasteiger partial charge in [0.15, 0.2) is 5.75 Å². The van der Waals surface area contributed by atoms with Crippen LogP contribution in [-0.4, -0.2) is 22.1 Å². The average molecular weight is 276 g/mol. The van der Waals surface area contributed by atoms with Gasteiger partial charge in [-0.05, 0) is 24.3 Å². The molecule has 1 N–H and O–H groups in total. The summed E-state index contributed by atoms with van der Waals surface area (Å²) in [5.74, 6) is 0.520. The number of ether oxygens (including phenoxy) is 2. The molecule has 0 amide bonds. The van der Waals surface area contributed by atoms with Crippen molar-refractivity contribution in [2.75, 3.05) is 7.11 Å². The van der Waals surface area contributed by atoms with Crippen molar-refractivity contribution in [3.05, 3.63) is 52.3 Å². The van der Waals surface area contributed by atoms with Crippen LogP contribution in [0.4, 0.5) is 5.69 Å². The lowest BCUT2D eigenvalue weighted by Crippen LogP contribution is -1.99. The molecular weight excluding hydrogens is 264 g/mol. The Bertz CT molecular complexity index is 613. The molecule has 0 fully saturated rings. The van der Waals surface area contributed by atoms with E-state index in [9.17, 15) is 15.2 Å². The van der Waals surface area contributed by atoms with Crippen LogP contribution in [-0.2, 0) is 6.61 Å². The molecule has 2 aromatic rings. The molecule has 0 aliphatic heterocycles. The van der Waals surface area contributed by atoms with Crippen LogP contribution in [0.5, 0.6) is 17.2 Å². The van der Waals surface area contributed by atoms with E-state index in [0.717, 1.165) is 0 Å². The molecule has 0 aliphatic carbocycles. The van der Waals surface area contributed by atoms with Gasteiger partial charge < -0.3 is 14.6 Å². The van der Waals surface area contributed by atoms with Crippen molar-refractivity contribution < 1.29 is 19.5 Å². The summed E-state index contributed by atoms with van der Waals surface area (Å²) < 4.78 is 10.4. The molecule has 7 nitrogen and oxygen atoms in total. The van der Waals surface area contributed by atoms with Gasteiger partial charge in [-0.1, -0.05) is 0 Å². The fourth-order valence-corrected chi connectivity index (χ4v) is 1.51. The number of methoxy groups -OCH3 is 1. The molecule has 0 spiro atoms. The van der Waals surface area contributed by atoms with Gasteiger partial charge in [-0.2, -0.15) is 0 Å². The van der Waals surface area contributed by atoms with Crippen LogP contribution in [0.2, 0.25) is 0 Å². The number of rotatable bonds is 5. The third kappa shape index (κ3) is 3.14. The molecule has 1 aromatic carbocycles. The first-order valence-corrected chi connectivity index (χ1v) is 5.69. The zero-order valence-corrected chi connectivity index (χ0v) is 10.6. The Balaban J connectivity index is 2.06. The van der Waals surface area contributed by atoms with E-state index in [2.05, 4.69) is 4.98 Å². The van der Waals surface area contributed by atoms with Gasteiger partial charge in [-0.15, -0.1) is 0 Å². The topological polar surface area (TPSA) is 94.7 Å². The predicted octanol–water partition coefficient (Wildman–Crippen LogP) is 2.28. The van der Waals surface area contributed by atoms with Gasteiger partial charge in [0.05, 0.1) is 30.0 Å². The van der Waals surface area contributed by atoms with Crippen LogP contribution in [0.25, 0.3) is 0 Å². The lowest BCUT2D eigenvalue weighted by Gasteiger charge is -2.06. The van der Waals surface area contributed by atoms with Crippen molar-refractivity contribution in [1.82, 2.24) is 4.98 Å². The van der Waals surface area contributed by atoms with Crippen LogP contribution >= 0.6 is 0 Å². The predicted molar refractivity (Wildman–Crippen MR) is 69.9 cm³/mol. The van der Waals surface area contributed by atoms with Crippen LogP contribution in [0.3, 0.4) is 0 Å². The monoisotopic (exact) mass is 276 g/mol. The molecule has 104 valence electrons. The highest BCUT2D eigenvalue weighted by Crippen LogP contribution is 2.30. The zero-order chi connectivity index (χ0) is 14.5. The molecule has 1 aromatic heterocycles. The van der Waals surface area contributed by atoms with E-state index in [0.29, 0.717) is 11.4 Å². The number of phenolic OH excluding ortho intramolecular Hbond substituents is 1. The highest BCUT2D eigenvalue weighted by atomic mass is 16.6. The van der Waals surface area contributed by atoms with E-state index in [-0.39, 0.29) is 12.4 Å². The second-order valence-electron chi connectivity index (χ2n) is 3.89. The maximum Gasteiger partial charge on any atom is 0.314 e. The number of nitro groups is 1. The summed E-state index contributed by atoms with van der Waals surface area (Å²) in [6.07, 6.45) is 1.55. The van der Waals surface area contributed by atoms with Crippen LogP contribution in [0.1, 0.15) is 5.69 Å². The molecule has 0 saturated heterocycles. The highest BCUT2D eigenvalue weighted by Gasteiger charge is 2.14. The van der Waals surface area contributed by atoms with Gasteiger partial charge in [-0.3, -0.25) is 15.1 Å². The number of pyridine rings is 1. The normalized spacial score (nSPS) is 10.1. The minimum Gasteiger partial charge on any atom is -0.502 e. The third-order valence-electron chi connectivity index (χ3n) is 2.56. The molecule has 2 rings (SSSR count). The number of aromatic hydroxyl groups is 1. The first-order chi connectivity index (χ1) is 9.60. The Hall–Kier alpha value is -2.83. The lowest BCUT2D eigenvalue weighted by atomic mass is 10.3. The number of hydrogen-bond donors (Lipinski definition) is 1. The summed E-state index contributed by atoms with van der Waals surface area (Å²) in [6, 6.07) is 7.30. The van der Waals surface area contributed by atoms with Crippen molar-refractivity contribution >= 4 is 5.69 Å². The number of aromatic nitrogens is 1. The number of phenols is 1. The molecular formula is C13H12N2O5. The van der Waals surface area contributed by atoms with Gasteiger partial charge >= 0.3 is 5.69 Å². The molecule has 0 bridgehead atoms. The van der Waals surface area contributed by atoms with Gasteiger partial charge in [0.25, 0.3) is 0 Å². The Morgan fingerprint density at radius 2 is 2.05 bits per heavy atom.